The molecule has 3 aromatic heterocycles. The second-order valence-electron chi connectivity index (χ2n) is 8.47. The molecule has 0 saturated heterocycles. The zero-order valence-corrected chi connectivity index (χ0v) is 22.4. The number of carbonyl (C=O) groups excluding carboxylic acids is 2. The molecule has 10 heteroatoms. The third kappa shape index (κ3) is 6.76. The molecule has 5 rings (SSSR count). The van der Waals surface area contributed by atoms with E-state index in [2.05, 4.69) is 32.7 Å². The smallest absolute Gasteiger partial charge is 0.307 e. The topological polar surface area (TPSA) is 96.9 Å². The maximum atomic E-state index is 13.0. The summed E-state index contributed by atoms with van der Waals surface area (Å²) >= 11 is 4.62. The Balaban J connectivity index is 1.31. The quantitative estimate of drug-likeness (QED) is 0.166. The molecule has 3 heterocycles. The molecule has 0 aliphatic heterocycles. The summed E-state index contributed by atoms with van der Waals surface area (Å²) in [4.78, 5) is 40.3. The van der Waals surface area contributed by atoms with Crippen molar-refractivity contribution in [1.82, 2.24) is 15.0 Å². The molecule has 4 aromatic rings. The van der Waals surface area contributed by atoms with E-state index in [0.29, 0.717) is 22.1 Å². The summed E-state index contributed by atoms with van der Waals surface area (Å²) in [5.41, 5.74) is 1.80. The monoisotopic (exact) mass is 547 g/mol. The van der Waals surface area contributed by atoms with Gasteiger partial charge in [0.05, 0.1) is 21.2 Å². The SMILES string of the molecule is O=C(Nc1nc(CSc2ccccc2)c(Sc2ccccn2)s1)Nc1ccncc1C(=O)C1CCCC1. The summed E-state index contributed by atoms with van der Waals surface area (Å²) < 4.78 is 0.971. The molecule has 1 aromatic carbocycles. The molecule has 7 nitrogen and oxygen atoms in total. The molecule has 1 fully saturated rings. The summed E-state index contributed by atoms with van der Waals surface area (Å²) in [6.45, 7) is 0. The zero-order chi connectivity index (χ0) is 25.5. The average molecular weight is 548 g/mol. The molecule has 37 heavy (non-hydrogen) atoms. The molecule has 0 unspecified atom stereocenters. The maximum absolute atomic E-state index is 13.0. The van der Waals surface area contributed by atoms with E-state index in [9.17, 15) is 9.59 Å². The number of carbonyl (C=O) groups is 2. The Morgan fingerprint density at radius 3 is 2.57 bits per heavy atom. The first-order valence-corrected chi connectivity index (χ1v) is 14.6. The Morgan fingerprint density at radius 1 is 0.973 bits per heavy atom. The highest BCUT2D eigenvalue weighted by Crippen LogP contribution is 2.39. The van der Waals surface area contributed by atoms with Gasteiger partial charge in [-0.3, -0.25) is 15.1 Å². The van der Waals surface area contributed by atoms with Gasteiger partial charge in [0, 0.05) is 35.2 Å². The van der Waals surface area contributed by atoms with Crippen LogP contribution >= 0.6 is 34.9 Å². The van der Waals surface area contributed by atoms with Gasteiger partial charge in [-0.25, -0.2) is 14.8 Å². The lowest BCUT2D eigenvalue weighted by Gasteiger charge is -2.13. The predicted molar refractivity (Wildman–Crippen MR) is 150 cm³/mol. The third-order valence-electron chi connectivity index (χ3n) is 5.90. The number of anilines is 2. The van der Waals surface area contributed by atoms with Crippen LogP contribution in [-0.2, 0) is 5.75 Å². The Hall–Kier alpha value is -3.21. The van der Waals surface area contributed by atoms with Crippen molar-refractivity contribution in [2.75, 3.05) is 10.6 Å². The molecule has 0 spiro atoms. The summed E-state index contributed by atoms with van der Waals surface area (Å²) in [7, 11) is 0. The van der Waals surface area contributed by atoms with Crippen LogP contribution in [0.4, 0.5) is 15.6 Å². The van der Waals surface area contributed by atoms with E-state index in [-0.39, 0.29) is 11.7 Å². The Morgan fingerprint density at radius 2 is 1.78 bits per heavy atom. The van der Waals surface area contributed by atoms with E-state index >= 15 is 0 Å². The van der Waals surface area contributed by atoms with Gasteiger partial charge < -0.3 is 5.32 Å². The van der Waals surface area contributed by atoms with Gasteiger partial charge in [0.2, 0.25) is 0 Å². The molecule has 1 saturated carbocycles. The number of urea groups is 1. The van der Waals surface area contributed by atoms with Gasteiger partial charge in [-0.15, -0.1) is 11.8 Å². The maximum Gasteiger partial charge on any atom is 0.325 e. The van der Waals surface area contributed by atoms with Crippen LogP contribution in [0.15, 0.2) is 87.3 Å². The number of benzene rings is 1. The lowest BCUT2D eigenvalue weighted by Crippen LogP contribution is -2.22. The van der Waals surface area contributed by atoms with E-state index in [0.717, 1.165) is 45.5 Å². The van der Waals surface area contributed by atoms with Crippen molar-refractivity contribution < 1.29 is 9.59 Å². The van der Waals surface area contributed by atoms with Crippen molar-refractivity contribution in [2.24, 2.45) is 5.92 Å². The largest absolute Gasteiger partial charge is 0.325 e. The van der Waals surface area contributed by atoms with E-state index in [1.165, 1.54) is 23.1 Å². The van der Waals surface area contributed by atoms with Crippen LogP contribution in [0.2, 0.25) is 0 Å². The van der Waals surface area contributed by atoms with Gasteiger partial charge in [0.1, 0.15) is 5.03 Å². The third-order valence-corrected chi connectivity index (χ3v) is 9.10. The van der Waals surface area contributed by atoms with E-state index in [1.807, 2.05) is 36.4 Å². The number of thioether (sulfide) groups is 1. The van der Waals surface area contributed by atoms with Crippen LogP contribution in [0.3, 0.4) is 0 Å². The fraction of sp³-hybridized carbons (Fsp3) is 0.222. The lowest BCUT2D eigenvalue weighted by molar-refractivity contribution is 0.0923. The van der Waals surface area contributed by atoms with Crippen LogP contribution < -0.4 is 10.6 Å². The number of amides is 2. The van der Waals surface area contributed by atoms with Crippen LogP contribution in [-0.4, -0.2) is 26.8 Å². The van der Waals surface area contributed by atoms with Gasteiger partial charge in [0.15, 0.2) is 10.9 Å². The number of Topliss-reactive ketones (excluding diaryl/α,β-unsaturated/α-hetero) is 1. The number of nitrogens with one attached hydrogen (secondary N) is 2. The summed E-state index contributed by atoms with van der Waals surface area (Å²) in [6.07, 6.45) is 8.78. The average Bonchev–Trinajstić information content (AvgIpc) is 3.59. The van der Waals surface area contributed by atoms with Crippen molar-refractivity contribution >= 4 is 57.5 Å². The summed E-state index contributed by atoms with van der Waals surface area (Å²) in [5, 5.41) is 7.03. The van der Waals surface area contributed by atoms with Crippen molar-refractivity contribution in [3.63, 3.8) is 0 Å². The number of aromatic nitrogens is 3. The molecule has 0 bridgehead atoms. The van der Waals surface area contributed by atoms with Crippen molar-refractivity contribution in [3.05, 3.63) is 84.4 Å². The minimum Gasteiger partial charge on any atom is -0.307 e. The highest BCUT2D eigenvalue weighted by atomic mass is 32.2. The fourth-order valence-electron chi connectivity index (χ4n) is 4.09. The van der Waals surface area contributed by atoms with Gasteiger partial charge >= 0.3 is 6.03 Å². The molecular weight excluding hydrogens is 523 g/mol. The Bertz CT molecular complexity index is 1360. The second kappa shape index (κ2) is 12.4. The van der Waals surface area contributed by atoms with Gasteiger partial charge in [0.25, 0.3) is 0 Å². The lowest BCUT2D eigenvalue weighted by atomic mass is 9.96. The molecule has 188 valence electrons. The summed E-state index contributed by atoms with van der Waals surface area (Å²) in [6, 6.07) is 17.1. The number of pyridine rings is 2. The van der Waals surface area contributed by atoms with Crippen molar-refractivity contribution in [3.8, 4) is 0 Å². The van der Waals surface area contributed by atoms with Gasteiger partial charge in [-0.2, -0.15) is 0 Å². The molecule has 2 amide bonds. The van der Waals surface area contributed by atoms with Crippen molar-refractivity contribution in [1.29, 1.82) is 0 Å². The highest BCUT2D eigenvalue weighted by molar-refractivity contribution is 8.01. The number of rotatable bonds is 9. The van der Waals surface area contributed by atoms with Crippen LogP contribution in [0.25, 0.3) is 0 Å². The zero-order valence-electron chi connectivity index (χ0n) is 19.9. The minimum atomic E-state index is -0.447. The van der Waals surface area contributed by atoms with E-state index < -0.39 is 6.03 Å². The highest BCUT2D eigenvalue weighted by Gasteiger charge is 2.26. The number of nitrogens with zero attached hydrogens (tertiary/aromatic N) is 3. The van der Waals surface area contributed by atoms with Crippen molar-refractivity contribution in [2.45, 2.75) is 45.6 Å². The molecular formula is C27H25N5O2S3. The number of hydrogen-bond acceptors (Lipinski definition) is 8. The molecule has 1 aliphatic carbocycles. The van der Waals surface area contributed by atoms with E-state index in [1.54, 1.807) is 36.4 Å². The Labute approximate surface area is 227 Å². The normalized spacial score (nSPS) is 13.4. The second-order valence-corrected chi connectivity index (χ2v) is 11.8. The Kier molecular flexibility index (Phi) is 8.49. The summed E-state index contributed by atoms with van der Waals surface area (Å²) in [5.74, 6) is 0.704. The molecule has 2 N–H and O–H groups in total. The number of ketones is 1. The van der Waals surface area contributed by atoms with Crippen LogP contribution in [0.1, 0.15) is 41.7 Å². The fourth-order valence-corrected chi connectivity index (χ4v) is 7.19. The molecule has 0 atom stereocenters. The van der Waals surface area contributed by atoms with E-state index in [4.69, 9.17) is 4.98 Å². The van der Waals surface area contributed by atoms with Crippen LogP contribution in [0, 0.1) is 5.92 Å². The first-order valence-electron chi connectivity index (χ1n) is 12.0. The number of hydrogen-bond donors (Lipinski definition) is 2. The standard InChI is InChI=1S/C27H25N5O2S3/c33-24(18-8-4-5-9-18)20-16-28-15-13-21(20)30-26(34)32-27-31-22(17-35-19-10-2-1-3-11-19)25(37-27)36-23-12-6-7-14-29-23/h1-3,6-7,10-16,18H,4-5,8-9,17H2,(H2,28,30,31,32,34). The first kappa shape index (κ1) is 25.4. The van der Waals surface area contributed by atoms with Gasteiger partial charge in [-0.1, -0.05) is 60.2 Å². The predicted octanol–water partition coefficient (Wildman–Crippen LogP) is 7.39. The minimum absolute atomic E-state index is 0.00243. The molecule has 0 radical (unpaired) electrons. The molecule has 1 aliphatic rings. The first-order chi connectivity index (χ1) is 18.2. The van der Waals surface area contributed by atoms with Gasteiger partial charge in [-0.05, 0) is 43.2 Å². The van der Waals surface area contributed by atoms with Crippen LogP contribution in [0.5, 0.6) is 0 Å². The number of thiazole rings is 1.